The van der Waals surface area contributed by atoms with E-state index in [-0.39, 0.29) is 22.8 Å². The minimum Gasteiger partial charge on any atom is -0.480 e. The van der Waals surface area contributed by atoms with Gasteiger partial charge < -0.3 is 5.11 Å². The highest BCUT2D eigenvalue weighted by atomic mass is 32.2. The van der Waals surface area contributed by atoms with Crippen LogP contribution in [0.4, 0.5) is 0 Å². The van der Waals surface area contributed by atoms with Crippen LogP contribution in [0.2, 0.25) is 0 Å². The van der Waals surface area contributed by atoms with Crippen molar-refractivity contribution in [2.75, 3.05) is 6.54 Å². The first-order valence-corrected chi connectivity index (χ1v) is 12.4. The molecule has 0 aliphatic carbocycles. The number of carboxylic acids is 1. The number of hydrogen-bond acceptors (Lipinski definition) is 5. The Balaban J connectivity index is 1.87. The Morgan fingerprint density at radius 1 is 0.833 bits per heavy atom. The molecular weight excluding hydrogens is 428 g/mol. The molecule has 8 nitrogen and oxygen atoms in total. The summed E-state index contributed by atoms with van der Waals surface area (Å²) >= 11 is 0. The quantitative estimate of drug-likeness (QED) is 0.446. The van der Waals surface area contributed by atoms with Crippen LogP contribution in [0, 0.1) is 13.8 Å². The number of aliphatic carboxylic acids is 1. The fraction of sp³-hybridized carbons (Fsp3) is 0.350. The van der Waals surface area contributed by atoms with Gasteiger partial charge in [0.05, 0.1) is 9.79 Å². The van der Waals surface area contributed by atoms with Gasteiger partial charge in [-0.15, -0.1) is 0 Å². The van der Waals surface area contributed by atoms with E-state index in [1.165, 1.54) is 24.3 Å². The van der Waals surface area contributed by atoms with Crippen molar-refractivity contribution < 1.29 is 26.7 Å². The van der Waals surface area contributed by atoms with Gasteiger partial charge in [-0.3, -0.25) is 4.79 Å². The molecule has 2 aromatic carbocycles. The summed E-state index contributed by atoms with van der Waals surface area (Å²) in [5.74, 6) is -1.29. The first kappa shape index (κ1) is 24.0. The van der Waals surface area contributed by atoms with Crippen molar-refractivity contribution in [1.29, 1.82) is 0 Å². The first-order chi connectivity index (χ1) is 14.0. The van der Waals surface area contributed by atoms with Crippen LogP contribution in [0.15, 0.2) is 58.3 Å². The highest BCUT2D eigenvalue weighted by Gasteiger charge is 2.25. The standard InChI is InChI=1S/C20H26N2O6S2/c1-15-6-10-17(11-7-15)29(25,26)21-14-4-3-5-19(20(23)24)22-30(27,28)18-12-8-16(2)9-13-18/h6-13,19,21-22H,3-5,14H2,1-2H3,(H,23,24)/t19-/m0/s1. The van der Waals surface area contributed by atoms with Crippen LogP contribution < -0.4 is 9.44 Å². The number of sulfonamides is 2. The number of carbonyl (C=O) groups is 1. The van der Waals surface area contributed by atoms with Crippen LogP contribution in [0.5, 0.6) is 0 Å². The molecule has 0 aliphatic heterocycles. The summed E-state index contributed by atoms with van der Waals surface area (Å²) < 4.78 is 53.9. The largest absolute Gasteiger partial charge is 0.480 e. The van der Waals surface area contributed by atoms with E-state index >= 15 is 0 Å². The Bertz CT molecular complexity index is 1060. The lowest BCUT2D eigenvalue weighted by molar-refractivity contribution is -0.139. The molecule has 0 radical (unpaired) electrons. The predicted molar refractivity (Wildman–Crippen MR) is 113 cm³/mol. The molecule has 0 spiro atoms. The number of carboxylic acid groups (broad SMARTS) is 1. The fourth-order valence-corrected chi connectivity index (χ4v) is 4.98. The molecule has 0 saturated carbocycles. The SMILES string of the molecule is Cc1ccc(S(=O)(=O)NCCCC[C@H](NS(=O)(=O)c2ccc(C)cc2)C(=O)O)cc1. The summed E-state index contributed by atoms with van der Waals surface area (Å²) in [6.45, 7) is 3.79. The zero-order chi connectivity index (χ0) is 22.4. The van der Waals surface area contributed by atoms with E-state index in [1.807, 2.05) is 13.8 Å². The first-order valence-electron chi connectivity index (χ1n) is 9.39. The van der Waals surface area contributed by atoms with Crippen LogP contribution in [0.25, 0.3) is 0 Å². The van der Waals surface area contributed by atoms with E-state index in [1.54, 1.807) is 24.3 Å². The summed E-state index contributed by atoms with van der Waals surface area (Å²) in [6, 6.07) is 11.2. The number of aryl methyl sites for hydroxylation is 2. The Morgan fingerprint density at radius 2 is 1.30 bits per heavy atom. The Labute approximate surface area is 177 Å². The second-order valence-electron chi connectivity index (χ2n) is 7.03. The molecule has 2 rings (SSSR count). The average Bonchev–Trinajstić information content (AvgIpc) is 2.67. The van der Waals surface area contributed by atoms with E-state index in [0.29, 0.717) is 12.8 Å². The number of rotatable bonds is 11. The highest BCUT2D eigenvalue weighted by Crippen LogP contribution is 2.13. The molecule has 3 N–H and O–H groups in total. The summed E-state index contributed by atoms with van der Waals surface area (Å²) in [6.07, 6.45) is 0.720. The molecular formula is C20H26N2O6S2. The molecule has 0 amide bonds. The molecule has 0 saturated heterocycles. The Hall–Kier alpha value is -2.27. The third kappa shape index (κ3) is 6.91. The second-order valence-corrected chi connectivity index (χ2v) is 10.5. The van der Waals surface area contributed by atoms with Crippen LogP contribution in [-0.4, -0.2) is 40.5 Å². The van der Waals surface area contributed by atoms with E-state index in [0.717, 1.165) is 11.1 Å². The lowest BCUT2D eigenvalue weighted by Crippen LogP contribution is -2.40. The fourth-order valence-electron chi connectivity index (χ4n) is 2.69. The highest BCUT2D eigenvalue weighted by molar-refractivity contribution is 7.89. The van der Waals surface area contributed by atoms with E-state index < -0.39 is 32.1 Å². The van der Waals surface area contributed by atoms with Crippen molar-refractivity contribution in [3.63, 3.8) is 0 Å². The van der Waals surface area contributed by atoms with Gasteiger partial charge in [-0.05, 0) is 57.4 Å². The normalized spacial score (nSPS) is 13.1. The van der Waals surface area contributed by atoms with Gasteiger partial charge in [-0.1, -0.05) is 35.4 Å². The molecule has 0 bridgehead atoms. The second kappa shape index (κ2) is 10.2. The summed E-state index contributed by atoms with van der Waals surface area (Å²) in [5, 5.41) is 9.35. The number of nitrogens with one attached hydrogen (secondary N) is 2. The van der Waals surface area contributed by atoms with Gasteiger partial charge in [0.15, 0.2) is 0 Å². The number of benzene rings is 2. The van der Waals surface area contributed by atoms with Crippen LogP contribution in [-0.2, 0) is 24.8 Å². The van der Waals surface area contributed by atoms with Gasteiger partial charge in [-0.25, -0.2) is 21.6 Å². The van der Waals surface area contributed by atoms with Gasteiger partial charge in [0, 0.05) is 6.54 Å². The summed E-state index contributed by atoms with van der Waals surface area (Å²) in [5.41, 5.74) is 1.83. The predicted octanol–water partition coefficient (Wildman–Crippen LogP) is 2.18. The Morgan fingerprint density at radius 3 is 1.77 bits per heavy atom. The molecule has 2 aromatic rings. The van der Waals surface area contributed by atoms with Gasteiger partial charge in [0.25, 0.3) is 0 Å². The van der Waals surface area contributed by atoms with E-state index in [2.05, 4.69) is 9.44 Å². The lowest BCUT2D eigenvalue weighted by Gasteiger charge is -2.15. The third-order valence-corrected chi connectivity index (χ3v) is 7.43. The third-order valence-electron chi connectivity index (χ3n) is 4.47. The monoisotopic (exact) mass is 454 g/mol. The average molecular weight is 455 g/mol. The molecule has 30 heavy (non-hydrogen) atoms. The molecule has 0 aliphatic rings. The van der Waals surface area contributed by atoms with Crippen molar-refractivity contribution in [3.05, 3.63) is 59.7 Å². The topological polar surface area (TPSA) is 130 Å². The smallest absolute Gasteiger partial charge is 0.321 e. The maximum atomic E-state index is 12.4. The molecule has 1 atom stereocenters. The number of hydrogen-bond donors (Lipinski definition) is 3. The van der Waals surface area contributed by atoms with Crippen molar-refractivity contribution in [2.45, 2.75) is 48.9 Å². The minimum absolute atomic E-state index is 0.00907. The van der Waals surface area contributed by atoms with Crippen molar-refractivity contribution in [3.8, 4) is 0 Å². The van der Waals surface area contributed by atoms with Crippen molar-refractivity contribution in [1.82, 2.24) is 9.44 Å². The Kier molecular flexibility index (Phi) is 8.13. The van der Waals surface area contributed by atoms with Crippen LogP contribution in [0.3, 0.4) is 0 Å². The van der Waals surface area contributed by atoms with Crippen LogP contribution >= 0.6 is 0 Å². The minimum atomic E-state index is -3.97. The maximum absolute atomic E-state index is 12.4. The van der Waals surface area contributed by atoms with Gasteiger partial charge in [0.2, 0.25) is 20.0 Å². The molecule has 0 aromatic heterocycles. The van der Waals surface area contributed by atoms with Gasteiger partial charge in [-0.2, -0.15) is 4.72 Å². The molecule has 10 heteroatoms. The number of unbranched alkanes of at least 4 members (excludes halogenated alkanes) is 1. The molecule has 164 valence electrons. The van der Waals surface area contributed by atoms with Crippen LogP contribution in [0.1, 0.15) is 30.4 Å². The van der Waals surface area contributed by atoms with Crippen molar-refractivity contribution in [2.24, 2.45) is 0 Å². The zero-order valence-corrected chi connectivity index (χ0v) is 18.5. The molecule has 0 fully saturated rings. The summed E-state index contributed by atoms with van der Waals surface area (Å²) in [7, 11) is -7.61. The maximum Gasteiger partial charge on any atom is 0.321 e. The van der Waals surface area contributed by atoms with E-state index in [9.17, 15) is 26.7 Å². The lowest BCUT2D eigenvalue weighted by atomic mass is 10.1. The molecule has 0 unspecified atom stereocenters. The van der Waals surface area contributed by atoms with Gasteiger partial charge >= 0.3 is 5.97 Å². The van der Waals surface area contributed by atoms with Gasteiger partial charge in [0.1, 0.15) is 6.04 Å². The zero-order valence-electron chi connectivity index (χ0n) is 16.8. The molecule has 0 heterocycles. The summed E-state index contributed by atoms with van der Waals surface area (Å²) in [4.78, 5) is 11.6. The van der Waals surface area contributed by atoms with E-state index in [4.69, 9.17) is 0 Å². The van der Waals surface area contributed by atoms with Crippen molar-refractivity contribution >= 4 is 26.0 Å².